The molecule has 112 valence electrons. The molecular weight excluding hydrogens is 284 g/mol. The van der Waals surface area contributed by atoms with Crippen molar-refractivity contribution in [3.63, 3.8) is 0 Å². The van der Waals surface area contributed by atoms with Crippen molar-refractivity contribution in [3.05, 3.63) is 58.9 Å². The molecular formula is C17H21ClN2O. The van der Waals surface area contributed by atoms with Gasteiger partial charge in [0.25, 0.3) is 0 Å². The second-order valence-corrected chi connectivity index (χ2v) is 5.36. The monoisotopic (exact) mass is 304 g/mol. The van der Waals surface area contributed by atoms with E-state index < -0.39 is 0 Å². The fourth-order valence-electron chi connectivity index (χ4n) is 2.27. The number of nitrogens with one attached hydrogen (secondary N) is 1. The van der Waals surface area contributed by atoms with Crippen molar-refractivity contribution in [2.75, 3.05) is 13.7 Å². The predicted octanol–water partition coefficient (Wildman–Crippen LogP) is 4.03. The molecule has 1 heterocycles. The van der Waals surface area contributed by atoms with E-state index >= 15 is 0 Å². The van der Waals surface area contributed by atoms with Crippen molar-refractivity contribution in [2.45, 2.75) is 25.8 Å². The van der Waals surface area contributed by atoms with Crippen molar-refractivity contribution in [1.82, 2.24) is 10.3 Å². The smallest absolute Gasteiger partial charge is 0.119 e. The van der Waals surface area contributed by atoms with Crippen LogP contribution < -0.4 is 10.1 Å². The predicted molar refractivity (Wildman–Crippen MR) is 87.0 cm³/mol. The lowest BCUT2D eigenvalue weighted by molar-refractivity contribution is 0.412. The third-order valence-corrected chi connectivity index (χ3v) is 3.76. The first-order valence-corrected chi connectivity index (χ1v) is 7.58. The van der Waals surface area contributed by atoms with E-state index in [9.17, 15) is 0 Å². The molecule has 1 unspecified atom stereocenters. The number of methoxy groups -OCH3 is 1. The van der Waals surface area contributed by atoms with Gasteiger partial charge in [-0.1, -0.05) is 30.7 Å². The van der Waals surface area contributed by atoms with E-state index in [0.29, 0.717) is 5.02 Å². The van der Waals surface area contributed by atoms with Crippen LogP contribution in [-0.4, -0.2) is 18.6 Å². The van der Waals surface area contributed by atoms with Gasteiger partial charge >= 0.3 is 0 Å². The summed E-state index contributed by atoms with van der Waals surface area (Å²) in [5, 5.41) is 4.29. The van der Waals surface area contributed by atoms with Gasteiger partial charge in [0.15, 0.2) is 0 Å². The molecule has 0 aliphatic heterocycles. The van der Waals surface area contributed by atoms with Crippen molar-refractivity contribution in [1.29, 1.82) is 0 Å². The van der Waals surface area contributed by atoms with Gasteiger partial charge in [0.05, 0.1) is 12.1 Å². The quantitative estimate of drug-likeness (QED) is 0.838. The summed E-state index contributed by atoms with van der Waals surface area (Å²) in [5.74, 6) is 0.872. The van der Waals surface area contributed by atoms with E-state index in [0.717, 1.165) is 30.7 Å². The van der Waals surface area contributed by atoms with Gasteiger partial charge in [-0.15, -0.1) is 0 Å². The van der Waals surface area contributed by atoms with Crippen LogP contribution in [0.5, 0.6) is 5.75 Å². The Balaban J connectivity index is 2.23. The van der Waals surface area contributed by atoms with E-state index in [2.05, 4.69) is 29.4 Å². The summed E-state index contributed by atoms with van der Waals surface area (Å²) < 4.78 is 5.32. The van der Waals surface area contributed by atoms with Gasteiger partial charge in [-0.3, -0.25) is 4.98 Å². The van der Waals surface area contributed by atoms with E-state index in [1.165, 1.54) is 5.56 Å². The number of ether oxygens (including phenoxy) is 1. The van der Waals surface area contributed by atoms with Crippen LogP contribution in [0.3, 0.4) is 0 Å². The summed E-state index contributed by atoms with van der Waals surface area (Å²) >= 11 is 6.23. The molecule has 1 aromatic heterocycles. The lowest BCUT2D eigenvalue weighted by atomic mass is 9.99. The largest absolute Gasteiger partial charge is 0.497 e. The third kappa shape index (κ3) is 4.45. The highest BCUT2D eigenvalue weighted by Crippen LogP contribution is 2.25. The fraction of sp³-hybridized carbons (Fsp3) is 0.353. The first kappa shape index (κ1) is 15.8. The highest BCUT2D eigenvalue weighted by molar-refractivity contribution is 6.31. The van der Waals surface area contributed by atoms with Crippen LogP contribution in [0, 0.1) is 0 Å². The van der Waals surface area contributed by atoms with Gasteiger partial charge < -0.3 is 10.1 Å². The number of halogens is 1. The van der Waals surface area contributed by atoms with Gasteiger partial charge in [0, 0.05) is 18.4 Å². The molecule has 2 rings (SSSR count). The molecule has 0 saturated carbocycles. The number of rotatable bonds is 7. The molecule has 0 spiro atoms. The van der Waals surface area contributed by atoms with Crippen molar-refractivity contribution in [3.8, 4) is 5.75 Å². The molecule has 0 saturated heterocycles. The second-order valence-electron chi connectivity index (χ2n) is 4.95. The normalized spacial score (nSPS) is 12.1. The number of aromatic nitrogens is 1. The Bertz CT molecular complexity index is 574. The summed E-state index contributed by atoms with van der Waals surface area (Å²) in [7, 11) is 1.69. The van der Waals surface area contributed by atoms with Gasteiger partial charge in [-0.25, -0.2) is 0 Å². The number of benzene rings is 1. The molecule has 1 N–H and O–H groups in total. The first-order valence-electron chi connectivity index (χ1n) is 7.20. The van der Waals surface area contributed by atoms with Gasteiger partial charge in [0.1, 0.15) is 5.75 Å². The van der Waals surface area contributed by atoms with Gasteiger partial charge in [-0.2, -0.15) is 0 Å². The molecule has 3 nitrogen and oxygen atoms in total. The summed E-state index contributed by atoms with van der Waals surface area (Å²) in [6, 6.07) is 10.3. The number of hydrogen-bond acceptors (Lipinski definition) is 3. The first-order chi connectivity index (χ1) is 10.2. The minimum atomic E-state index is 0.208. The van der Waals surface area contributed by atoms with Gasteiger partial charge in [-0.05, 0) is 48.7 Å². The highest BCUT2D eigenvalue weighted by Gasteiger charge is 2.14. The maximum absolute atomic E-state index is 6.23. The molecule has 0 bridgehead atoms. The molecule has 0 radical (unpaired) electrons. The van der Waals surface area contributed by atoms with Crippen LogP contribution in [0.4, 0.5) is 0 Å². The molecule has 4 heteroatoms. The van der Waals surface area contributed by atoms with Crippen LogP contribution in [-0.2, 0) is 6.42 Å². The average molecular weight is 305 g/mol. The van der Waals surface area contributed by atoms with Crippen LogP contribution in [0.15, 0.2) is 42.7 Å². The van der Waals surface area contributed by atoms with Crippen molar-refractivity contribution in [2.24, 2.45) is 0 Å². The Hall–Kier alpha value is -1.58. The fourth-order valence-corrected chi connectivity index (χ4v) is 2.47. The molecule has 0 aliphatic rings. The van der Waals surface area contributed by atoms with Crippen LogP contribution in [0.25, 0.3) is 0 Å². The second kappa shape index (κ2) is 8.01. The molecule has 0 fully saturated rings. The van der Waals surface area contributed by atoms with E-state index in [1.54, 1.807) is 19.5 Å². The molecule has 0 aliphatic carbocycles. The minimum absolute atomic E-state index is 0.208. The Labute approximate surface area is 131 Å². The maximum atomic E-state index is 6.23. The Morgan fingerprint density at radius 3 is 2.90 bits per heavy atom. The molecule has 2 aromatic rings. The van der Waals surface area contributed by atoms with Crippen LogP contribution in [0.2, 0.25) is 5.02 Å². The zero-order valence-electron chi connectivity index (χ0n) is 12.5. The lowest BCUT2D eigenvalue weighted by Gasteiger charge is -2.20. The third-order valence-electron chi connectivity index (χ3n) is 3.42. The zero-order valence-corrected chi connectivity index (χ0v) is 13.2. The van der Waals surface area contributed by atoms with Gasteiger partial charge in [0.2, 0.25) is 0 Å². The Morgan fingerprint density at radius 2 is 2.19 bits per heavy atom. The van der Waals surface area contributed by atoms with Crippen molar-refractivity contribution < 1.29 is 4.74 Å². The van der Waals surface area contributed by atoms with E-state index in [4.69, 9.17) is 16.3 Å². The van der Waals surface area contributed by atoms with E-state index in [-0.39, 0.29) is 6.04 Å². The minimum Gasteiger partial charge on any atom is -0.497 e. The lowest BCUT2D eigenvalue weighted by Crippen LogP contribution is -2.24. The summed E-state index contributed by atoms with van der Waals surface area (Å²) in [5.41, 5.74) is 2.30. The zero-order chi connectivity index (χ0) is 15.1. The average Bonchev–Trinajstić information content (AvgIpc) is 2.53. The molecule has 0 amide bonds. The summed E-state index contributed by atoms with van der Waals surface area (Å²) in [4.78, 5) is 4.04. The molecule has 1 aromatic carbocycles. The summed E-state index contributed by atoms with van der Waals surface area (Å²) in [6.07, 6.45) is 5.39. The van der Waals surface area contributed by atoms with Crippen molar-refractivity contribution >= 4 is 11.6 Å². The van der Waals surface area contributed by atoms with E-state index in [1.807, 2.05) is 18.2 Å². The number of nitrogens with zero attached hydrogens (tertiary/aromatic N) is 1. The molecule has 1 atom stereocenters. The topological polar surface area (TPSA) is 34.2 Å². The standard InChI is InChI=1S/C17H21ClN2O/c1-3-8-20-17(11-13-7-9-19-12-16(13)18)14-5-4-6-15(10-14)21-2/h4-7,9-10,12,17,20H,3,8,11H2,1-2H3. The summed E-state index contributed by atoms with van der Waals surface area (Å²) in [6.45, 7) is 3.12. The number of hydrogen-bond donors (Lipinski definition) is 1. The molecule has 21 heavy (non-hydrogen) atoms. The Kier molecular flexibility index (Phi) is 6.03. The SMILES string of the molecule is CCCNC(Cc1ccncc1Cl)c1cccc(OC)c1. The van der Waals surface area contributed by atoms with Crippen LogP contribution in [0.1, 0.15) is 30.5 Å². The highest BCUT2D eigenvalue weighted by atomic mass is 35.5. The van der Waals surface area contributed by atoms with Crippen LogP contribution >= 0.6 is 11.6 Å². The Morgan fingerprint density at radius 1 is 1.33 bits per heavy atom. The maximum Gasteiger partial charge on any atom is 0.119 e. The number of pyridine rings is 1.